The quantitative estimate of drug-likeness (QED) is 0.667. The summed E-state index contributed by atoms with van der Waals surface area (Å²) in [6.07, 6.45) is -4.49. The van der Waals surface area contributed by atoms with Crippen molar-refractivity contribution in [2.24, 2.45) is 0 Å². The van der Waals surface area contributed by atoms with E-state index in [2.05, 4.69) is 10.3 Å². The first kappa shape index (κ1) is 15.1. The highest BCUT2D eigenvalue weighted by Gasteiger charge is 2.30. The Morgan fingerprint density at radius 3 is 2.57 bits per heavy atom. The molecule has 2 aromatic carbocycles. The molecular weight excluding hydrogens is 312 g/mol. The van der Waals surface area contributed by atoms with E-state index in [0.29, 0.717) is 10.9 Å². The van der Waals surface area contributed by atoms with E-state index in [9.17, 15) is 22.4 Å². The van der Waals surface area contributed by atoms with Gasteiger partial charge in [0, 0.05) is 16.6 Å². The van der Waals surface area contributed by atoms with Crippen molar-refractivity contribution in [1.29, 1.82) is 0 Å². The molecule has 3 rings (SSSR count). The van der Waals surface area contributed by atoms with E-state index in [1.807, 2.05) is 0 Å². The van der Waals surface area contributed by atoms with E-state index >= 15 is 0 Å². The third kappa shape index (κ3) is 3.18. The average Bonchev–Trinajstić information content (AvgIpc) is 2.90. The van der Waals surface area contributed by atoms with E-state index in [4.69, 9.17) is 0 Å². The molecule has 0 fully saturated rings. The minimum atomic E-state index is -4.49. The summed E-state index contributed by atoms with van der Waals surface area (Å²) in [5.41, 5.74) is -0.146. The van der Waals surface area contributed by atoms with Crippen molar-refractivity contribution in [1.82, 2.24) is 4.98 Å². The van der Waals surface area contributed by atoms with E-state index in [1.165, 1.54) is 36.4 Å². The molecule has 1 heterocycles. The molecule has 0 aliphatic carbocycles. The Labute approximate surface area is 127 Å². The summed E-state index contributed by atoms with van der Waals surface area (Å²) >= 11 is 0. The smallest absolute Gasteiger partial charge is 0.351 e. The average molecular weight is 322 g/mol. The van der Waals surface area contributed by atoms with Crippen molar-refractivity contribution in [2.75, 3.05) is 5.32 Å². The molecule has 1 amide bonds. The second-order valence-electron chi connectivity index (χ2n) is 4.95. The lowest BCUT2D eigenvalue weighted by Gasteiger charge is -2.09. The van der Waals surface area contributed by atoms with Crippen LogP contribution in [0.3, 0.4) is 0 Å². The van der Waals surface area contributed by atoms with Gasteiger partial charge >= 0.3 is 6.18 Å². The van der Waals surface area contributed by atoms with Crippen molar-refractivity contribution in [3.05, 3.63) is 65.6 Å². The number of carbonyl (C=O) groups excluding carboxylic acids is 1. The fourth-order valence-electron chi connectivity index (χ4n) is 2.20. The van der Waals surface area contributed by atoms with Gasteiger partial charge in [0.15, 0.2) is 0 Å². The summed E-state index contributed by atoms with van der Waals surface area (Å²) in [7, 11) is 0. The number of amides is 1. The van der Waals surface area contributed by atoms with Crippen molar-refractivity contribution in [3.8, 4) is 0 Å². The molecule has 3 nitrogen and oxygen atoms in total. The van der Waals surface area contributed by atoms with Crippen LogP contribution >= 0.6 is 0 Å². The Hall–Kier alpha value is -2.83. The molecule has 0 unspecified atom stereocenters. The Bertz CT molecular complexity index is 883. The number of fused-ring (bicyclic) bond motifs is 1. The number of aromatic nitrogens is 1. The van der Waals surface area contributed by atoms with Crippen LogP contribution in [-0.2, 0) is 6.18 Å². The molecule has 23 heavy (non-hydrogen) atoms. The lowest BCUT2D eigenvalue weighted by Crippen LogP contribution is -2.13. The number of benzene rings is 2. The number of halogens is 4. The van der Waals surface area contributed by atoms with Gasteiger partial charge in [-0.2, -0.15) is 13.2 Å². The highest BCUT2D eigenvalue weighted by Crippen LogP contribution is 2.30. The highest BCUT2D eigenvalue weighted by molar-refractivity contribution is 6.05. The lowest BCUT2D eigenvalue weighted by atomic mass is 10.2. The number of alkyl halides is 3. The van der Waals surface area contributed by atoms with Crippen LogP contribution in [0.15, 0.2) is 48.5 Å². The van der Waals surface area contributed by atoms with Gasteiger partial charge in [0.25, 0.3) is 5.91 Å². The largest absolute Gasteiger partial charge is 0.416 e. The van der Waals surface area contributed by atoms with Gasteiger partial charge in [0.2, 0.25) is 0 Å². The molecular formula is C16H10F4N2O. The zero-order valence-corrected chi connectivity index (χ0v) is 11.5. The first-order valence-electron chi connectivity index (χ1n) is 6.60. The SMILES string of the molecule is O=C(Nc1cccc(C(F)(F)F)c1)c1cc2cc(F)ccc2[nH]1. The predicted octanol–water partition coefficient (Wildman–Crippen LogP) is 4.58. The normalized spacial score (nSPS) is 11.7. The Morgan fingerprint density at radius 1 is 1.04 bits per heavy atom. The van der Waals surface area contributed by atoms with Crippen LogP contribution in [0.2, 0.25) is 0 Å². The number of rotatable bonds is 2. The van der Waals surface area contributed by atoms with Crippen LogP contribution in [0, 0.1) is 5.82 Å². The first-order valence-corrected chi connectivity index (χ1v) is 6.60. The van der Waals surface area contributed by atoms with Gasteiger partial charge < -0.3 is 10.3 Å². The molecule has 7 heteroatoms. The maximum atomic E-state index is 13.1. The molecule has 0 spiro atoms. The van der Waals surface area contributed by atoms with Gasteiger partial charge in [-0.05, 0) is 42.5 Å². The Kier molecular flexibility index (Phi) is 3.55. The van der Waals surface area contributed by atoms with E-state index in [0.717, 1.165) is 12.1 Å². The summed E-state index contributed by atoms with van der Waals surface area (Å²) in [6, 6.07) is 9.74. The van der Waals surface area contributed by atoms with Crippen LogP contribution in [0.25, 0.3) is 10.9 Å². The van der Waals surface area contributed by atoms with Gasteiger partial charge in [-0.3, -0.25) is 4.79 Å². The zero-order chi connectivity index (χ0) is 16.6. The second kappa shape index (κ2) is 5.42. The molecule has 0 atom stereocenters. The minimum absolute atomic E-state index is 0.0228. The number of anilines is 1. The summed E-state index contributed by atoms with van der Waals surface area (Å²) in [6.45, 7) is 0. The third-order valence-electron chi connectivity index (χ3n) is 3.28. The molecule has 0 saturated heterocycles. The number of aromatic amines is 1. The van der Waals surface area contributed by atoms with Crippen LogP contribution in [0.5, 0.6) is 0 Å². The number of hydrogen-bond acceptors (Lipinski definition) is 1. The molecule has 2 N–H and O–H groups in total. The summed E-state index contributed by atoms with van der Waals surface area (Å²) in [5, 5.41) is 2.88. The molecule has 0 radical (unpaired) electrons. The van der Waals surface area contributed by atoms with Crippen LogP contribution < -0.4 is 5.32 Å². The fourth-order valence-corrected chi connectivity index (χ4v) is 2.20. The second-order valence-corrected chi connectivity index (χ2v) is 4.95. The molecule has 0 saturated carbocycles. The van der Waals surface area contributed by atoms with Gasteiger partial charge in [-0.1, -0.05) is 6.07 Å². The fraction of sp³-hybridized carbons (Fsp3) is 0.0625. The number of nitrogens with one attached hydrogen (secondary N) is 2. The van der Waals surface area contributed by atoms with Crippen LogP contribution in [0.1, 0.15) is 16.1 Å². The minimum Gasteiger partial charge on any atom is -0.351 e. The summed E-state index contributed by atoms with van der Waals surface area (Å²) < 4.78 is 51.1. The lowest BCUT2D eigenvalue weighted by molar-refractivity contribution is -0.137. The molecule has 118 valence electrons. The molecule has 0 bridgehead atoms. The van der Waals surface area contributed by atoms with Crippen molar-refractivity contribution < 1.29 is 22.4 Å². The number of H-pyrrole nitrogens is 1. The summed E-state index contributed by atoms with van der Waals surface area (Å²) in [4.78, 5) is 14.9. The number of carbonyl (C=O) groups is 1. The Balaban J connectivity index is 1.86. The summed E-state index contributed by atoms with van der Waals surface area (Å²) in [5.74, 6) is -1.05. The van der Waals surface area contributed by atoms with Crippen molar-refractivity contribution in [2.45, 2.75) is 6.18 Å². The third-order valence-corrected chi connectivity index (χ3v) is 3.28. The maximum absolute atomic E-state index is 13.1. The van der Waals surface area contributed by atoms with Crippen molar-refractivity contribution >= 4 is 22.5 Å². The van der Waals surface area contributed by atoms with E-state index in [-0.39, 0.29) is 11.4 Å². The highest BCUT2D eigenvalue weighted by atomic mass is 19.4. The molecule has 0 aliphatic rings. The van der Waals surface area contributed by atoms with Gasteiger partial charge in [-0.25, -0.2) is 4.39 Å². The molecule has 3 aromatic rings. The Morgan fingerprint density at radius 2 is 1.83 bits per heavy atom. The predicted molar refractivity (Wildman–Crippen MR) is 77.7 cm³/mol. The molecule has 0 aliphatic heterocycles. The van der Waals surface area contributed by atoms with Crippen LogP contribution in [-0.4, -0.2) is 10.9 Å². The topological polar surface area (TPSA) is 44.9 Å². The van der Waals surface area contributed by atoms with Crippen LogP contribution in [0.4, 0.5) is 23.2 Å². The van der Waals surface area contributed by atoms with Gasteiger partial charge in [0.1, 0.15) is 11.5 Å². The maximum Gasteiger partial charge on any atom is 0.416 e. The van der Waals surface area contributed by atoms with E-state index in [1.54, 1.807) is 0 Å². The number of hydrogen-bond donors (Lipinski definition) is 2. The first-order chi connectivity index (χ1) is 10.8. The van der Waals surface area contributed by atoms with Gasteiger partial charge in [-0.15, -0.1) is 0 Å². The monoisotopic (exact) mass is 322 g/mol. The van der Waals surface area contributed by atoms with Gasteiger partial charge in [0.05, 0.1) is 5.56 Å². The van der Waals surface area contributed by atoms with E-state index < -0.39 is 23.5 Å². The molecule has 1 aromatic heterocycles. The standard InChI is InChI=1S/C16H10F4N2O/c17-11-4-5-13-9(6-11)7-14(22-13)15(23)21-12-3-1-2-10(8-12)16(18,19)20/h1-8,22H,(H,21,23). The van der Waals surface area contributed by atoms with Crippen molar-refractivity contribution in [3.63, 3.8) is 0 Å². The zero-order valence-electron chi connectivity index (χ0n) is 11.5.